The van der Waals surface area contributed by atoms with Gasteiger partial charge in [0.15, 0.2) is 11.6 Å². The molecule has 0 bridgehead atoms. The van der Waals surface area contributed by atoms with Crippen molar-refractivity contribution < 1.29 is 18.4 Å². The standard InChI is InChI=1S/C27H27F2N3O2/c1-31(27(34)23-12-5-6-15-30-23)24(18-19-8-3-2-4-9-19)20-13-16-32(17-14-20)26(33)21-10-7-11-22(28)25(21)29/h2-12,15,20,24H,13-14,16-18H2,1H3/t24-/m1/s1. The topological polar surface area (TPSA) is 53.5 Å². The zero-order valence-corrected chi connectivity index (χ0v) is 19.0. The van der Waals surface area contributed by atoms with Gasteiger partial charge < -0.3 is 9.80 Å². The number of carbonyl (C=O) groups excluding carboxylic acids is 2. The number of halogens is 2. The Morgan fingerprint density at radius 2 is 1.71 bits per heavy atom. The maximum atomic E-state index is 14.1. The van der Waals surface area contributed by atoms with Crippen molar-refractivity contribution in [2.24, 2.45) is 5.92 Å². The minimum absolute atomic E-state index is 0.0972. The molecule has 2 aromatic carbocycles. The normalized spacial score (nSPS) is 15.1. The van der Waals surface area contributed by atoms with E-state index in [2.05, 4.69) is 4.98 Å². The van der Waals surface area contributed by atoms with E-state index in [0.29, 0.717) is 38.0 Å². The van der Waals surface area contributed by atoms with Crippen LogP contribution in [0.5, 0.6) is 0 Å². The summed E-state index contributed by atoms with van der Waals surface area (Å²) in [6.07, 6.45) is 3.58. The lowest BCUT2D eigenvalue weighted by atomic mass is 9.84. The molecule has 176 valence electrons. The van der Waals surface area contributed by atoms with E-state index < -0.39 is 17.5 Å². The van der Waals surface area contributed by atoms with Gasteiger partial charge in [0.05, 0.1) is 5.56 Å². The van der Waals surface area contributed by atoms with Gasteiger partial charge in [-0.2, -0.15) is 0 Å². The molecule has 0 spiro atoms. The van der Waals surface area contributed by atoms with Crippen molar-refractivity contribution in [2.75, 3.05) is 20.1 Å². The van der Waals surface area contributed by atoms with Gasteiger partial charge in [0.25, 0.3) is 11.8 Å². The van der Waals surface area contributed by atoms with Crippen LogP contribution in [-0.2, 0) is 6.42 Å². The zero-order valence-electron chi connectivity index (χ0n) is 19.0. The Labute approximate surface area is 198 Å². The predicted octanol–water partition coefficient (Wildman–Crippen LogP) is 4.60. The number of hydrogen-bond donors (Lipinski definition) is 0. The SMILES string of the molecule is CN(C(=O)c1ccccn1)[C@H](Cc1ccccc1)C1CCN(C(=O)c2cccc(F)c2F)CC1. The Bertz CT molecular complexity index is 1130. The third kappa shape index (κ3) is 5.14. The van der Waals surface area contributed by atoms with Crippen LogP contribution < -0.4 is 0 Å². The molecule has 0 N–H and O–H groups in total. The number of nitrogens with zero attached hydrogens (tertiary/aromatic N) is 3. The van der Waals surface area contributed by atoms with Crippen molar-refractivity contribution in [3.63, 3.8) is 0 Å². The van der Waals surface area contributed by atoms with E-state index in [4.69, 9.17) is 0 Å². The van der Waals surface area contributed by atoms with Gasteiger partial charge in [-0.3, -0.25) is 14.6 Å². The van der Waals surface area contributed by atoms with Crippen LogP contribution in [0.3, 0.4) is 0 Å². The molecule has 1 aliphatic heterocycles. The summed E-state index contributed by atoms with van der Waals surface area (Å²) in [5.74, 6) is -2.66. The second kappa shape index (κ2) is 10.5. The second-order valence-corrected chi connectivity index (χ2v) is 8.62. The minimum Gasteiger partial charge on any atom is -0.339 e. The number of carbonyl (C=O) groups is 2. The number of aromatic nitrogens is 1. The van der Waals surface area contributed by atoms with Crippen molar-refractivity contribution in [1.82, 2.24) is 14.8 Å². The van der Waals surface area contributed by atoms with E-state index in [-0.39, 0.29) is 23.4 Å². The molecule has 0 radical (unpaired) electrons. The van der Waals surface area contributed by atoms with E-state index in [0.717, 1.165) is 11.6 Å². The van der Waals surface area contributed by atoms with Gasteiger partial charge in [-0.1, -0.05) is 42.5 Å². The highest BCUT2D eigenvalue weighted by Crippen LogP contribution is 2.28. The molecule has 1 aromatic heterocycles. The van der Waals surface area contributed by atoms with Crippen LogP contribution in [0.2, 0.25) is 0 Å². The average molecular weight is 464 g/mol. The molecule has 1 aliphatic rings. The van der Waals surface area contributed by atoms with E-state index in [9.17, 15) is 18.4 Å². The summed E-state index contributed by atoms with van der Waals surface area (Å²) in [4.78, 5) is 33.5. The molecular weight excluding hydrogens is 436 g/mol. The lowest BCUT2D eigenvalue weighted by Crippen LogP contribution is -2.48. The van der Waals surface area contributed by atoms with E-state index in [1.165, 1.54) is 12.1 Å². The van der Waals surface area contributed by atoms with Crippen molar-refractivity contribution in [1.29, 1.82) is 0 Å². The molecule has 1 saturated heterocycles. The van der Waals surface area contributed by atoms with Crippen LogP contribution in [0.25, 0.3) is 0 Å². The van der Waals surface area contributed by atoms with Crippen LogP contribution in [-0.4, -0.2) is 52.8 Å². The fourth-order valence-corrected chi connectivity index (χ4v) is 4.62. The summed E-state index contributed by atoms with van der Waals surface area (Å²) in [6, 6.07) is 18.8. The number of amides is 2. The summed E-state index contributed by atoms with van der Waals surface area (Å²) < 4.78 is 27.7. The second-order valence-electron chi connectivity index (χ2n) is 8.62. The average Bonchev–Trinajstić information content (AvgIpc) is 2.89. The highest BCUT2D eigenvalue weighted by atomic mass is 19.2. The molecule has 3 aromatic rings. The molecule has 0 unspecified atom stereocenters. The molecule has 4 rings (SSSR count). The molecule has 1 atom stereocenters. The van der Waals surface area contributed by atoms with Crippen molar-refractivity contribution in [2.45, 2.75) is 25.3 Å². The Hall–Kier alpha value is -3.61. The van der Waals surface area contributed by atoms with Crippen LogP contribution in [0.1, 0.15) is 39.3 Å². The van der Waals surface area contributed by atoms with Gasteiger partial charge in [-0.05, 0) is 55.0 Å². The molecule has 0 saturated carbocycles. The molecule has 34 heavy (non-hydrogen) atoms. The van der Waals surface area contributed by atoms with Crippen molar-refractivity contribution >= 4 is 11.8 Å². The summed E-state index contributed by atoms with van der Waals surface area (Å²) >= 11 is 0. The Kier molecular flexibility index (Phi) is 7.30. The maximum absolute atomic E-state index is 14.1. The molecule has 2 amide bonds. The number of benzene rings is 2. The van der Waals surface area contributed by atoms with Crippen LogP contribution in [0.15, 0.2) is 72.9 Å². The van der Waals surface area contributed by atoms with E-state index >= 15 is 0 Å². The zero-order chi connectivity index (χ0) is 24.1. The maximum Gasteiger partial charge on any atom is 0.272 e. The molecular formula is C27H27F2N3O2. The van der Waals surface area contributed by atoms with Gasteiger partial charge in [0.1, 0.15) is 5.69 Å². The minimum atomic E-state index is -1.11. The smallest absolute Gasteiger partial charge is 0.272 e. The monoisotopic (exact) mass is 463 g/mol. The molecule has 0 aliphatic carbocycles. The Morgan fingerprint density at radius 1 is 1.00 bits per heavy atom. The number of piperidine rings is 1. The molecule has 2 heterocycles. The van der Waals surface area contributed by atoms with Crippen molar-refractivity contribution in [3.05, 3.63) is 101 Å². The highest BCUT2D eigenvalue weighted by molar-refractivity contribution is 5.94. The largest absolute Gasteiger partial charge is 0.339 e. The Morgan fingerprint density at radius 3 is 2.38 bits per heavy atom. The third-order valence-electron chi connectivity index (χ3n) is 6.54. The number of likely N-dealkylation sites (tertiary alicyclic amines) is 1. The predicted molar refractivity (Wildman–Crippen MR) is 125 cm³/mol. The first-order valence-corrected chi connectivity index (χ1v) is 11.4. The lowest BCUT2D eigenvalue weighted by Gasteiger charge is -2.40. The number of rotatable bonds is 6. The number of pyridine rings is 1. The summed E-state index contributed by atoms with van der Waals surface area (Å²) in [5.41, 5.74) is 1.26. The fourth-order valence-electron chi connectivity index (χ4n) is 4.62. The van der Waals surface area contributed by atoms with E-state index in [1.54, 1.807) is 41.2 Å². The summed E-state index contributed by atoms with van der Waals surface area (Å²) in [5, 5.41) is 0. The van der Waals surface area contributed by atoms with Crippen LogP contribution >= 0.6 is 0 Å². The van der Waals surface area contributed by atoms with E-state index in [1.807, 2.05) is 30.3 Å². The van der Waals surface area contributed by atoms with Crippen LogP contribution in [0, 0.1) is 17.6 Å². The molecule has 7 heteroatoms. The molecule has 5 nitrogen and oxygen atoms in total. The van der Waals surface area contributed by atoms with Gasteiger partial charge in [0, 0.05) is 32.4 Å². The molecule has 1 fully saturated rings. The number of likely N-dealkylation sites (N-methyl/N-ethyl adjacent to an activating group) is 1. The summed E-state index contributed by atoms with van der Waals surface area (Å²) in [7, 11) is 1.80. The van der Waals surface area contributed by atoms with Gasteiger partial charge in [0.2, 0.25) is 0 Å². The third-order valence-corrected chi connectivity index (χ3v) is 6.54. The first-order valence-electron chi connectivity index (χ1n) is 11.4. The number of hydrogen-bond acceptors (Lipinski definition) is 3. The Balaban J connectivity index is 1.50. The van der Waals surface area contributed by atoms with Crippen LogP contribution in [0.4, 0.5) is 8.78 Å². The van der Waals surface area contributed by atoms with Gasteiger partial charge >= 0.3 is 0 Å². The first-order chi connectivity index (χ1) is 16.5. The van der Waals surface area contributed by atoms with Crippen molar-refractivity contribution in [3.8, 4) is 0 Å². The van der Waals surface area contributed by atoms with Gasteiger partial charge in [-0.25, -0.2) is 8.78 Å². The fraction of sp³-hybridized carbons (Fsp3) is 0.296. The first kappa shape index (κ1) is 23.5. The highest BCUT2D eigenvalue weighted by Gasteiger charge is 2.34. The summed E-state index contributed by atoms with van der Waals surface area (Å²) in [6.45, 7) is 0.826. The van der Waals surface area contributed by atoms with Gasteiger partial charge in [-0.15, -0.1) is 0 Å². The quantitative estimate of drug-likeness (QED) is 0.537. The lowest BCUT2D eigenvalue weighted by molar-refractivity contribution is 0.0516.